The Kier molecular flexibility index (Phi) is 2.77. The van der Waals surface area contributed by atoms with Gasteiger partial charge in [-0.3, -0.25) is 9.59 Å². The lowest BCUT2D eigenvalue weighted by Gasteiger charge is -2.30. The topological polar surface area (TPSA) is 51.1 Å². The van der Waals surface area contributed by atoms with Crippen molar-refractivity contribution in [3.8, 4) is 0 Å². The number of rotatable bonds is 2. The third kappa shape index (κ3) is 2.31. The Morgan fingerprint density at radius 1 is 1.37 bits per heavy atom. The average Bonchev–Trinajstić information content (AvgIpc) is 2.86. The largest absolute Gasteiger partial charge is 0.352 e. The Bertz CT molecular complexity index is 542. The molecule has 4 nitrogen and oxygen atoms in total. The molecule has 1 fully saturated rings. The number of aromatic nitrogens is 1. The summed E-state index contributed by atoms with van der Waals surface area (Å²) < 4.78 is 2.16. The summed E-state index contributed by atoms with van der Waals surface area (Å²) in [7, 11) is 0. The molecule has 1 amide bonds. The molecule has 1 unspecified atom stereocenters. The number of fused-ring (bicyclic) bond motifs is 1. The van der Waals surface area contributed by atoms with E-state index in [1.54, 1.807) is 0 Å². The quantitative estimate of drug-likeness (QED) is 0.883. The lowest BCUT2D eigenvalue weighted by Crippen LogP contribution is -2.32. The van der Waals surface area contributed by atoms with Gasteiger partial charge in [-0.25, -0.2) is 0 Å². The van der Waals surface area contributed by atoms with Crippen molar-refractivity contribution < 1.29 is 9.59 Å². The van der Waals surface area contributed by atoms with Gasteiger partial charge in [-0.15, -0.1) is 0 Å². The van der Waals surface area contributed by atoms with Gasteiger partial charge in [0.25, 0.3) is 0 Å². The number of ketones is 1. The summed E-state index contributed by atoms with van der Waals surface area (Å²) >= 11 is 0. The number of nitrogens with one attached hydrogen (secondary N) is 1. The highest BCUT2D eigenvalue weighted by atomic mass is 16.2. The van der Waals surface area contributed by atoms with Crippen LogP contribution in [0.2, 0.25) is 0 Å². The second-order valence-corrected chi connectivity index (χ2v) is 6.57. The van der Waals surface area contributed by atoms with Crippen LogP contribution < -0.4 is 5.32 Å². The van der Waals surface area contributed by atoms with Gasteiger partial charge >= 0.3 is 0 Å². The zero-order valence-electron chi connectivity index (χ0n) is 11.5. The van der Waals surface area contributed by atoms with Crippen LogP contribution in [0.1, 0.15) is 49.2 Å². The van der Waals surface area contributed by atoms with Gasteiger partial charge in [0, 0.05) is 42.9 Å². The van der Waals surface area contributed by atoms with E-state index in [4.69, 9.17) is 0 Å². The first-order valence-electron chi connectivity index (χ1n) is 6.95. The second-order valence-electron chi connectivity index (χ2n) is 6.57. The van der Waals surface area contributed by atoms with Crippen LogP contribution in [-0.2, 0) is 17.8 Å². The van der Waals surface area contributed by atoms with Gasteiger partial charge in [0.15, 0.2) is 5.78 Å². The zero-order chi connectivity index (χ0) is 13.6. The number of amides is 1. The van der Waals surface area contributed by atoms with Crippen molar-refractivity contribution in [2.75, 3.05) is 0 Å². The molecule has 2 aliphatic rings. The predicted octanol–water partition coefficient (Wildman–Crippen LogP) is 1.92. The van der Waals surface area contributed by atoms with E-state index >= 15 is 0 Å². The Hall–Kier alpha value is -1.58. The molecule has 0 aromatic carbocycles. The van der Waals surface area contributed by atoms with Gasteiger partial charge in [-0.05, 0) is 24.3 Å². The number of Topliss-reactive ketones (excluding diaryl/α,β-unsaturated/α-hetero) is 1. The van der Waals surface area contributed by atoms with Crippen LogP contribution in [0.3, 0.4) is 0 Å². The standard InChI is InChI=1S/C15H20N2O2/c1-15(2)7-12-11(13(18)8-15)5-6-17(12)9-10-3-4-14(19)16-10/h5-6,10H,3-4,7-9H2,1-2H3,(H,16,19). The van der Waals surface area contributed by atoms with Gasteiger partial charge in [0.2, 0.25) is 5.91 Å². The molecule has 3 rings (SSSR count). The molecule has 1 aliphatic carbocycles. The maximum atomic E-state index is 12.1. The van der Waals surface area contributed by atoms with E-state index in [1.807, 2.05) is 12.3 Å². The third-order valence-electron chi connectivity index (χ3n) is 4.17. The van der Waals surface area contributed by atoms with Crippen molar-refractivity contribution in [2.24, 2.45) is 5.41 Å². The molecule has 1 aliphatic heterocycles. The molecular formula is C15H20N2O2. The lowest BCUT2D eigenvalue weighted by molar-refractivity contribution is -0.119. The van der Waals surface area contributed by atoms with E-state index in [2.05, 4.69) is 23.7 Å². The molecule has 19 heavy (non-hydrogen) atoms. The number of hydrogen-bond acceptors (Lipinski definition) is 2. The summed E-state index contributed by atoms with van der Waals surface area (Å²) in [4.78, 5) is 23.4. The van der Waals surface area contributed by atoms with Crippen LogP contribution in [0.15, 0.2) is 12.3 Å². The van der Waals surface area contributed by atoms with Crippen LogP contribution in [0.4, 0.5) is 0 Å². The first-order valence-corrected chi connectivity index (χ1v) is 6.95. The molecule has 0 spiro atoms. The van der Waals surface area contributed by atoms with Crippen molar-refractivity contribution in [2.45, 2.75) is 52.1 Å². The fraction of sp³-hybridized carbons (Fsp3) is 0.600. The molecule has 4 heteroatoms. The second kappa shape index (κ2) is 4.22. The van der Waals surface area contributed by atoms with E-state index in [0.717, 1.165) is 30.6 Å². The number of hydrogen-bond donors (Lipinski definition) is 1. The maximum absolute atomic E-state index is 12.1. The highest BCUT2D eigenvalue weighted by molar-refractivity contribution is 5.98. The van der Waals surface area contributed by atoms with Gasteiger partial charge in [0.1, 0.15) is 0 Å². The first kappa shape index (κ1) is 12.5. The summed E-state index contributed by atoms with van der Waals surface area (Å²) in [5.74, 6) is 0.392. The van der Waals surface area contributed by atoms with Crippen molar-refractivity contribution in [3.05, 3.63) is 23.5 Å². The molecule has 0 saturated carbocycles. The molecule has 2 heterocycles. The van der Waals surface area contributed by atoms with Gasteiger partial charge < -0.3 is 9.88 Å². The molecular weight excluding hydrogens is 240 g/mol. The first-order chi connectivity index (χ1) is 8.94. The fourth-order valence-corrected chi connectivity index (χ4v) is 3.22. The Morgan fingerprint density at radius 3 is 2.84 bits per heavy atom. The van der Waals surface area contributed by atoms with E-state index in [9.17, 15) is 9.59 Å². The average molecular weight is 260 g/mol. The highest BCUT2D eigenvalue weighted by Crippen LogP contribution is 2.35. The molecule has 1 aromatic heterocycles. The monoisotopic (exact) mass is 260 g/mol. The van der Waals surface area contributed by atoms with Gasteiger partial charge in [-0.1, -0.05) is 13.8 Å². The highest BCUT2D eigenvalue weighted by Gasteiger charge is 2.33. The summed E-state index contributed by atoms with van der Waals surface area (Å²) in [5, 5.41) is 2.99. The normalized spacial score (nSPS) is 25.3. The number of carbonyl (C=O) groups is 2. The minimum Gasteiger partial charge on any atom is -0.352 e. The summed E-state index contributed by atoms with van der Waals surface area (Å²) in [6.07, 6.45) is 5.07. The molecule has 0 radical (unpaired) electrons. The van der Waals surface area contributed by atoms with Gasteiger partial charge in [0.05, 0.1) is 0 Å². The third-order valence-corrected chi connectivity index (χ3v) is 4.17. The molecule has 1 aromatic rings. The number of nitrogens with zero attached hydrogens (tertiary/aromatic N) is 1. The van der Waals surface area contributed by atoms with Crippen LogP contribution in [0, 0.1) is 5.41 Å². The van der Waals surface area contributed by atoms with E-state index in [1.165, 1.54) is 0 Å². The maximum Gasteiger partial charge on any atom is 0.220 e. The molecule has 1 saturated heterocycles. The van der Waals surface area contributed by atoms with Crippen LogP contribution >= 0.6 is 0 Å². The summed E-state index contributed by atoms with van der Waals surface area (Å²) in [6.45, 7) is 5.06. The van der Waals surface area contributed by atoms with Crippen molar-refractivity contribution in [3.63, 3.8) is 0 Å². The summed E-state index contributed by atoms with van der Waals surface area (Å²) in [6, 6.07) is 2.15. The van der Waals surface area contributed by atoms with Crippen molar-refractivity contribution in [1.29, 1.82) is 0 Å². The molecule has 102 valence electrons. The van der Waals surface area contributed by atoms with Gasteiger partial charge in [-0.2, -0.15) is 0 Å². The minimum atomic E-state index is 0.0408. The van der Waals surface area contributed by atoms with Crippen LogP contribution in [-0.4, -0.2) is 22.3 Å². The minimum absolute atomic E-state index is 0.0408. The summed E-state index contributed by atoms with van der Waals surface area (Å²) in [5.41, 5.74) is 2.06. The van der Waals surface area contributed by atoms with Crippen LogP contribution in [0.25, 0.3) is 0 Å². The van der Waals surface area contributed by atoms with Crippen molar-refractivity contribution >= 4 is 11.7 Å². The smallest absolute Gasteiger partial charge is 0.220 e. The van der Waals surface area contributed by atoms with Crippen LogP contribution in [0.5, 0.6) is 0 Å². The molecule has 0 bridgehead atoms. The Labute approximate surface area is 113 Å². The lowest BCUT2D eigenvalue weighted by atomic mass is 9.76. The fourth-order valence-electron chi connectivity index (χ4n) is 3.22. The van der Waals surface area contributed by atoms with E-state index in [0.29, 0.717) is 12.8 Å². The zero-order valence-corrected chi connectivity index (χ0v) is 11.5. The molecule has 1 atom stereocenters. The van der Waals surface area contributed by atoms with E-state index < -0.39 is 0 Å². The predicted molar refractivity (Wildman–Crippen MR) is 72.0 cm³/mol. The molecule has 1 N–H and O–H groups in total. The van der Waals surface area contributed by atoms with Crippen molar-refractivity contribution in [1.82, 2.24) is 9.88 Å². The number of carbonyl (C=O) groups excluding carboxylic acids is 2. The SMILES string of the molecule is CC1(C)CC(=O)c2ccn(CC3CCC(=O)N3)c2C1. The van der Waals surface area contributed by atoms with E-state index in [-0.39, 0.29) is 23.1 Å². The Morgan fingerprint density at radius 2 is 2.16 bits per heavy atom. The Balaban J connectivity index is 1.84.